The molecule has 0 aliphatic rings. The van der Waals surface area contributed by atoms with E-state index in [9.17, 15) is 0 Å². The molecule has 0 saturated carbocycles. The van der Waals surface area contributed by atoms with Crippen LogP contribution in [0.25, 0.3) is 21.0 Å². The van der Waals surface area contributed by atoms with E-state index in [0.29, 0.717) is 6.54 Å². The number of benzene rings is 1. The van der Waals surface area contributed by atoms with Crippen molar-refractivity contribution in [3.63, 3.8) is 0 Å². The lowest BCUT2D eigenvalue weighted by Crippen LogP contribution is -2.10. The van der Waals surface area contributed by atoms with E-state index in [1.165, 1.54) is 21.0 Å². The molecule has 0 amide bonds. The molecule has 1 aromatic carbocycles. The molecule has 17 heavy (non-hydrogen) atoms. The Bertz CT molecular complexity index is 661. The number of fused-ring (bicyclic) bond motifs is 3. The highest BCUT2D eigenvalue weighted by atomic mass is 79.9. The summed E-state index contributed by atoms with van der Waals surface area (Å²) >= 11 is 5.27. The Hall–Kier alpha value is -0.620. The predicted octanol–water partition coefficient (Wildman–Crippen LogP) is 3.39. The monoisotopic (exact) mass is 331 g/mol. The van der Waals surface area contributed by atoms with E-state index >= 15 is 0 Å². The fourth-order valence-corrected chi connectivity index (χ4v) is 3.50. The van der Waals surface area contributed by atoms with Crippen LogP contribution in [0.15, 0.2) is 28.2 Å². The van der Waals surface area contributed by atoms with Crippen molar-refractivity contribution < 1.29 is 0 Å². The van der Waals surface area contributed by atoms with Gasteiger partial charge in [-0.05, 0) is 34.1 Å². The Morgan fingerprint density at radius 2 is 2.24 bits per heavy atom. The number of nitrogens with two attached hydrogens (primary N) is 1. The molecule has 90 valence electrons. The summed E-state index contributed by atoms with van der Waals surface area (Å²) < 4.78 is 4.41. The second-order valence-electron chi connectivity index (χ2n) is 3.62. The van der Waals surface area contributed by atoms with Crippen molar-refractivity contribution in [1.29, 1.82) is 0 Å². The van der Waals surface area contributed by atoms with Crippen LogP contribution in [0, 0.1) is 0 Å². The molecule has 0 radical (unpaired) electrons. The smallest absolute Gasteiger partial charge is 0.0770 e. The Morgan fingerprint density at radius 3 is 3.00 bits per heavy atom. The van der Waals surface area contributed by atoms with E-state index in [2.05, 4.69) is 39.2 Å². The maximum atomic E-state index is 5.59. The molecule has 0 atom stereocenters. The third-order valence-electron chi connectivity index (χ3n) is 2.61. The molecule has 6 heteroatoms. The van der Waals surface area contributed by atoms with Gasteiger partial charge in [-0.3, -0.25) is 4.68 Å². The van der Waals surface area contributed by atoms with Crippen LogP contribution in [0.2, 0.25) is 0 Å². The van der Waals surface area contributed by atoms with Crippen LogP contribution in [0.3, 0.4) is 0 Å². The van der Waals surface area contributed by atoms with Crippen LogP contribution in [-0.4, -0.2) is 16.3 Å². The van der Waals surface area contributed by atoms with E-state index in [1.54, 1.807) is 11.3 Å². The van der Waals surface area contributed by atoms with Crippen LogP contribution in [-0.2, 0) is 6.54 Å². The van der Waals surface area contributed by atoms with Gasteiger partial charge in [-0.1, -0.05) is 0 Å². The molecule has 2 N–H and O–H groups in total. The highest BCUT2D eigenvalue weighted by molar-refractivity contribution is 9.11. The molecule has 3 rings (SSSR count). The summed E-state index contributed by atoms with van der Waals surface area (Å²) in [5.74, 6) is 0. The van der Waals surface area contributed by atoms with Crippen molar-refractivity contribution in [3.8, 4) is 0 Å². The summed E-state index contributed by atoms with van der Waals surface area (Å²) in [6.45, 7) is 1.37. The first kappa shape index (κ1) is 12.8. The number of thiophene rings is 1. The Kier molecular flexibility index (Phi) is 3.73. The van der Waals surface area contributed by atoms with Crippen LogP contribution in [0.5, 0.6) is 0 Å². The topological polar surface area (TPSA) is 43.8 Å². The summed E-state index contributed by atoms with van der Waals surface area (Å²) in [6.07, 6.45) is 1.90. The van der Waals surface area contributed by atoms with Crippen molar-refractivity contribution in [3.05, 3.63) is 28.2 Å². The number of aromatic nitrogens is 2. The van der Waals surface area contributed by atoms with Gasteiger partial charge in [-0.25, -0.2) is 0 Å². The summed E-state index contributed by atoms with van der Waals surface area (Å²) in [5.41, 5.74) is 6.78. The lowest BCUT2D eigenvalue weighted by molar-refractivity contribution is 0.647. The Labute approximate surface area is 117 Å². The summed E-state index contributed by atoms with van der Waals surface area (Å²) in [5, 5.41) is 6.79. The minimum atomic E-state index is 0. The number of hydrogen-bond donors (Lipinski definition) is 1. The first-order valence-corrected chi connectivity index (χ1v) is 6.64. The normalized spacial score (nSPS) is 10.9. The van der Waals surface area contributed by atoms with Gasteiger partial charge in [0.1, 0.15) is 0 Å². The minimum Gasteiger partial charge on any atom is -0.329 e. The molecule has 3 nitrogen and oxygen atoms in total. The van der Waals surface area contributed by atoms with Crippen molar-refractivity contribution in [2.75, 3.05) is 6.54 Å². The zero-order valence-corrected chi connectivity index (χ0v) is 12.1. The largest absolute Gasteiger partial charge is 0.329 e. The zero-order valence-electron chi connectivity index (χ0n) is 8.89. The van der Waals surface area contributed by atoms with E-state index in [0.717, 1.165) is 10.3 Å². The third kappa shape index (κ3) is 2.08. The number of nitrogens with zero attached hydrogens (tertiary/aromatic N) is 2. The van der Waals surface area contributed by atoms with Gasteiger partial charge in [0, 0.05) is 22.0 Å². The molecule has 0 aliphatic carbocycles. The van der Waals surface area contributed by atoms with E-state index in [1.807, 2.05) is 10.9 Å². The van der Waals surface area contributed by atoms with E-state index in [4.69, 9.17) is 5.73 Å². The van der Waals surface area contributed by atoms with Gasteiger partial charge in [0.15, 0.2) is 0 Å². The maximum Gasteiger partial charge on any atom is 0.0770 e. The van der Waals surface area contributed by atoms with Crippen molar-refractivity contribution >= 4 is 60.7 Å². The number of rotatable bonds is 2. The average molecular weight is 333 g/mol. The molecule has 0 saturated heterocycles. The minimum absolute atomic E-state index is 0. The SMILES string of the molecule is Cl.NCCn1ncc2ccc3sc(Br)cc3c21. The predicted molar refractivity (Wildman–Crippen MR) is 79.1 cm³/mol. The van der Waals surface area contributed by atoms with Gasteiger partial charge in [0.05, 0.1) is 22.0 Å². The van der Waals surface area contributed by atoms with Gasteiger partial charge in [-0.2, -0.15) is 5.10 Å². The Morgan fingerprint density at radius 1 is 1.41 bits per heavy atom. The first-order valence-electron chi connectivity index (χ1n) is 5.03. The van der Waals surface area contributed by atoms with Crippen molar-refractivity contribution in [2.45, 2.75) is 6.54 Å². The first-order chi connectivity index (χ1) is 7.79. The molecule has 2 heterocycles. The van der Waals surface area contributed by atoms with Crippen molar-refractivity contribution in [1.82, 2.24) is 9.78 Å². The average Bonchev–Trinajstić information content (AvgIpc) is 2.81. The molecular weight excluding hydrogens is 322 g/mol. The number of hydrogen-bond acceptors (Lipinski definition) is 3. The standard InChI is InChI=1S/C11H10BrN3S.ClH/c12-10-5-8-9(16-10)2-1-7-6-14-15(4-3-13)11(7)8;/h1-2,5-6H,3-4,13H2;1H. The van der Waals surface area contributed by atoms with Gasteiger partial charge in [0.25, 0.3) is 0 Å². The lowest BCUT2D eigenvalue weighted by atomic mass is 10.2. The molecule has 0 fully saturated rings. The van der Waals surface area contributed by atoms with Crippen molar-refractivity contribution in [2.24, 2.45) is 5.73 Å². The third-order valence-corrected chi connectivity index (χ3v) is 4.21. The summed E-state index contributed by atoms with van der Waals surface area (Å²) in [4.78, 5) is 0. The highest BCUT2D eigenvalue weighted by Crippen LogP contribution is 2.34. The molecule has 0 unspecified atom stereocenters. The van der Waals surface area contributed by atoms with Gasteiger partial charge >= 0.3 is 0 Å². The molecule has 0 aliphatic heterocycles. The fourth-order valence-electron chi connectivity index (χ4n) is 1.96. The zero-order chi connectivity index (χ0) is 11.1. The maximum absolute atomic E-state index is 5.59. The second-order valence-corrected chi connectivity index (χ2v) is 6.09. The number of halogens is 2. The van der Waals surface area contributed by atoms with Gasteiger partial charge < -0.3 is 5.73 Å². The summed E-state index contributed by atoms with van der Waals surface area (Å²) in [6, 6.07) is 6.40. The molecular formula is C11H11BrClN3S. The molecule has 0 bridgehead atoms. The fraction of sp³-hybridized carbons (Fsp3) is 0.182. The van der Waals surface area contributed by atoms with E-state index in [-0.39, 0.29) is 12.4 Å². The molecule has 3 aromatic rings. The Balaban J connectivity index is 0.00000108. The van der Waals surface area contributed by atoms with Gasteiger partial charge in [0.2, 0.25) is 0 Å². The quantitative estimate of drug-likeness (QED) is 0.781. The lowest BCUT2D eigenvalue weighted by Gasteiger charge is -2.01. The summed E-state index contributed by atoms with van der Waals surface area (Å²) in [7, 11) is 0. The highest BCUT2D eigenvalue weighted by Gasteiger charge is 2.09. The second kappa shape index (κ2) is 4.94. The van der Waals surface area contributed by atoms with Crippen LogP contribution in [0.1, 0.15) is 0 Å². The molecule has 2 aromatic heterocycles. The van der Waals surface area contributed by atoms with Crippen LogP contribution >= 0.6 is 39.7 Å². The molecule has 0 spiro atoms. The van der Waals surface area contributed by atoms with Crippen LogP contribution < -0.4 is 5.73 Å². The van der Waals surface area contributed by atoms with Gasteiger partial charge in [-0.15, -0.1) is 23.7 Å². The van der Waals surface area contributed by atoms with Crippen LogP contribution in [0.4, 0.5) is 0 Å². The van der Waals surface area contributed by atoms with E-state index < -0.39 is 0 Å².